The van der Waals surface area contributed by atoms with E-state index < -0.39 is 11.3 Å². The standard InChI is InChI=1S/C26H28N2O6/c1-32-25(31)26(19-5-3-2-4-6-19)9-11-27(12-10-26)24(30)18-15-23(29)28(17-18)20-7-8-21-22(16-20)34-14-13-33-21/h2-8,16,18H,9-15,17H2,1H3. The number of carbonyl (C=O) groups is 3. The second kappa shape index (κ2) is 9.00. The third-order valence-electron chi connectivity index (χ3n) is 7.14. The highest BCUT2D eigenvalue weighted by atomic mass is 16.6. The molecule has 0 spiro atoms. The molecule has 8 nitrogen and oxygen atoms in total. The maximum absolute atomic E-state index is 13.3. The summed E-state index contributed by atoms with van der Waals surface area (Å²) >= 11 is 0. The van der Waals surface area contributed by atoms with Crippen molar-refractivity contribution in [3.05, 3.63) is 54.1 Å². The molecule has 1 unspecified atom stereocenters. The number of piperidine rings is 1. The van der Waals surface area contributed by atoms with Gasteiger partial charge < -0.3 is 24.0 Å². The van der Waals surface area contributed by atoms with E-state index in [1.165, 1.54) is 7.11 Å². The molecule has 2 amide bonds. The molecular formula is C26H28N2O6. The quantitative estimate of drug-likeness (QED) is 0.647. The number of fused-ring (bicyclic) bond motifs is 1. The first-order chi connectivity index (χ1) is 16.5. The van der Waals surface area contributed by atoms with Crippen molar-refractivity contribution in [1.82, 2.24) is 4.90 Å². The Morgan fingerprint density at radius 1 is 1.00 bits per heavy atom. The number of hydrogen-bond acceptors (Lipinski definition) is 6. The van der Waals surface area contributed by atoms with Crippen molar-refractivity contribution in [2.75, 3.05) is 44.9 Å². The predicted molar refractivity (Wildman–Crippen MR) is 124 cm³/mol. The monoisotopic (exact) mass is 464 g/mol. The zero-order valence-corrected chi connectivity index (χ0v) is 19.2. The Morgan fingerprint density at radius 3 is 2.41 bits per heavy atom. The third kappa shape index (κ3) is 3.87. The molecule has 178 valence electrons. The third-order valence-corrected chi connectivity index (χ3v) is 7.14. The van der Waals surface area contributed by atoms with Crippen molar-refractivity contribution in [3.8, 4) is 11.5 Å². The van der Waals surface area contributed by atoms with Gasteiger partial charge in [-0.1, -0.05) is 30.3 Å². The number of anilines is 1. The lowest BCUT2D eigenvalue weighted by atomic mass is 9.72. The second-order valence-electron chi connectivity index (χ2n) is 9.00. The SMILES string of the molecule is COC(=O)C1(c2ccccc2)CCN(C(=O)C2CC(=O)N(c3ccc4c(c3)OCCO4)C2)CC1. The first-order valence-corrected chi connectivity index (χ1v) is 11.6. The van der Waals surface area contributed by atoms with Crippen LogP contribution in [0.15, 0.2) is 48.5 Å². The van der Waals surface area contributed by atoms with Crippen LogP contribution >= 0.6 is 0 Å². The van der Waals surface area contributed by atoms with Gasteiger partial charge in [0.1, 0.15) is 13.2 Å². The van der Waals surface area contributed by atoms with E-state index in [1.54, 1.807) is 21.9 Å². The summed E-state index contributed by atoms with van der Waals surface area (Å²) in [6.07, 6.45) is 1.15. The number of methoxy groups -OCH3 is 1. The van der Waals surface area contributed by atoms with Gasteiger partial charge in [-0.05, 0) is 30.5 Å². The lowest BCUT2D eigenvalue weighted by Crippen LogP contribution is -2.51. The van der Waals surface area contributed by atoms with Crippen molar-refractivity contribution < 1.29 is 28.6 Å². The Kier molecular flexibility index (Phi) is 5.89. The fourth-order valence-electron chi connectivity index (χ4n) is 5.25. The maximum atomic E-state index is 13.3. The maximum Gasteiger partial charge on any atom is 0.316 e. The number of esters is 1. The fourth-order valence-corrected chi connectivity index (χ4v) is 5.25. The lowest BCUT2D eigenvalue weighted by Gasteiger charge is -2.40. The van der Waals surface area contributed by atoms with Crippen LogP contribution in [0.2, 0.25) is 0 Å². The summed E-state index contributed by atoms with van der Waals surface area (Å²) in [6.45, 7) is 2.18. The summed E-state index contributed by atoms with van der Waals surface area (Å²) in [6, 6.07) is 15.0. The van der Waals surface area contributed by atoms with Crippen LogP contribution in [0, 0.1) is 5.92 Å². The average molecular weight is 465 g/mol. The van der Waals surface area contributed by atoms with Crippen molar-refractivity contribution in [2.45, 2.75) is 24.7 Å². The normalized spacial score (nSPS) is 21.3. The highest BCUT2D eigenvalue weighted by molar-refractivity contribution is 6.00. The molecule has 2 fully saturated rings. The lowest BCUT2D eigenvalue weighted by molar-refractivity contribution is -0.152. The van der Waals surface area contributed by atoms with E-state index in [-0.39, 0.29) is 24.2 Å². The smallest absolute Gasteiger partial charge is 0.316 e. The van der Waals surface area contributed by atoms with Gasteiger partial charge >= 0.3 is 5.97 Å². The van der Waals surface area contributed by atoms with E-state index in [9.17, 15) is 14.4 Å². The van der Waals surface area contributed by atoms with Crippen molar-refractivity contribution in [3.63, 3.8) is 0 Å². The molecule has 3 aliphatic heterocycles. The first-order valence-electron chi connectivity index (χ1n) is 11.6. The van der Waals surface area contributed by atoms with E-state index in [4.69, 9.17) is 14.2 Å². The van der Waals surface area contributed by atoms with Crippen LogP contribution < -0.4 is 14.4 Å². The van der Waals surface area contributed by atoms with Crippen LogP contribution in [0.4, 0.5) is 5.69 Å². The van der Waals surface area contributed by atoms with Crippen LogP contribution in [-0.4, -0.2) is 62.6 Å². The molecule has 0 bridgehead atoms. The Bertz CT molecular complexity index is 1090. The number of benzene rings is 2. The van der Waals surface area contributed by atoms with Crippen molar-refractivity contribution >= 4 is 23.5 Å². The zero-order chi connectivity index (χ0) is 23.7. The summed E-state index contributed by atoms with van der Waals surface area (Å²) in [7, 11) is 1.40. The Balaban J connectivity index is 1.27. The molecule has 8 heteroatoms. The van der Waals surface area contributed by atoms with Gasteiger partial charge in [0.25, 0.3) is 0 Å². The molecule has 0 N–H and O–H groups in total. The van der Waals surface area contributed by atoms with E-state index in [0.717, 1.165) is 5.56 Å². The van der Waals surface area contributed by atoms with Gasteiger partial charge in [-0.3, -0.25) is 14.4 Å². The minimum atomic E-state index is -0.754. The average Bonchev–Trinajstić information content (AvgIpc) is 3.29. The van der Waals surface area contributed by atoms with E-state index in [0.29, 0.717) is 62.9 Å². The molecule has 0 saturated carbocycles. The molecule has 0 aromatic heterocycles. The number of ether oxygens (including phenoxy) is 3. The van der Waals surface area contributed by atoms with Crippen LogP contribution in [0.5, 0.6) is 11.5 Å². The molecule has 1 atom stereocenters. The summed E-state index contributed by atoms with van der Waals surface area (Å²) in [4.78, 5) is 42.3. The molecule has 5 rings (SSSR count). The highest BCUT2D eigenvalue weighted by Gasteiger charge is 2.46. The van der Waals surface area contributed by atoms with Crippen LogP contribution in [-0.2, 0) is 24.5 Å². The summed E-state index contributed by atoms with van der Waals surface area (Å²) in [5.41, 5.74) is 0.863. The van der Waals surface area contributed by atoms with Crippen molar-refractivity contribution in [1.29, 1.82) is 0 Å². The fraction of sp³-hybridized carbons (Fsp3) is 0.423. The molecule has 0 aliphatic carbocycles. The number of nitrogens with zero attached hydrogens (tertiary/aromatic N) is 2. The summed E-state index contributed by atoms with van der Waals surface area (Å²) in [5.74, 6) is 0.465. The number of rotatable bonds is 4. The Hall–Kier alpha value is -3.55. The van der Waals surface area contributed by atoms with Gasteiger partial charge in [-0.15, -0.1) is 0 Å². The molecule has 3 aliphatic rings. The summed E-state index contributed by atoms with van der Waals surface area (Å²) < 4.78 is 16.3. The van der Waals surface area contributed by atoms with Gasteiger partial charge in [-0.25, -0.2) is 0 Å². The number of amides is 2. The molecule has 3 heterocycles. The molecule has 2 aromatic rings. The van der Waals surface area contributed by atoms with Gasteiger partial charge in [0.05, 0.1) is 18.4 Å². The summed E-state index contributed by atoms with van der Waals surface area (Å²) in [5, 5.41) is 0. The van der Waals surface area contributed by atoms with Gasteiger partial charge in [0, 0.05) is 37.8 Å². The largest absolute Gasteiger partial charge is 0.486 e. The van der Waals surface area contributed by atoms with E-state index >= 15 is 0 Å². The van der Waals surface area contributed by atoms with Gasteiger partial charge in [0.2, 0.25) is 11.8 Å². The number of likely N-dealkylation sites (tertiary alicyclic amines) is 1. The first kappa shape index (κ1) is 22.3. The van der Waals surface area contributed by atoms with Crippen LogP contribution in [0.25, 0.3) is 0 Å². The highest BCUT2D eigenvalue weighted by Crippen LogP contribution is 2.39. The number of carbonyl (C=O) groups excluding carboxylic acids is 3. The Morgan fingerprint density at radius 2 is 1.71 bits per heavy atom. The minimum Gasteiger partial charge on any atom is -0.486 e. The van der Waals surface area contributed by atoms with Crippen LogP contribution in [0.3, 0.4) is 0 Å². The molecule has 34 heavy (non-hydrogen) atoms. The Labute approximate surface area is 198 Å². The molecule has 0 radical (unpaired) electrons. The number of hydrogen-bond donors (Lipinski definition) is 0. The second-order valence-corrected chi connectivity index (χ2v) is 9.00. The van der Waals surface area contributed by atoms with Crippen molar-refractivity contribution in [2.24, 2.45) is 5.92 Å². The van der Waals surface area contributed by atoms with Crippen LogP contribution in [0.1, 0.15) is 24.8 Å². The predicted octanol–water partition coefficient (Wildman–Crippen LogP) is 2.54. The zero-order valence-electron chi connectivity index (χ0n) is 19.2. The van der Waals surface area contributed by atoms with Gasteiger partial charge in [0.15, 0.2) is 11.5 Å². The van der Waals surface area contributed by atoms with E-state index in [1.807, 2.05) is 36.4 Å². The van der Waals surface area contributed by atoms with E-state index in [2.05, 4.69) is 0 Å². The van der Waals surface area contributed by atoms with Gasteiger partial charge in [-0.2, -0.15) is 0 Å². The topological polar surface area (TPSA) is 85.4 Å². The molecule has 2 aromatic carbocycles. The minimum absolute atomic E-state index is 0.0417. The molecule has 2 saturated heterocycles. The molecular weight excluding hydrogens is 436 g/mol.